The summed E-state index contributed by atoms with van der Waals surface area (Å²) in [6, 6.07) is 13.7. The van der Waals surface area contributed by atoms with Crippen molar-refractivity contribution in [2.75, 3.05) is 11.4 Å². The minimum absolute atomic E-state index is 0.0889. The number of hydrogen-bond donors (Lipinski definition) is 0. The summed E-state index contributed by atoms with van der Waals surface area (Å²) in [7, 11) is 0. The van der Waals surface area contributed by atoms with E-state index in [0.717, 1.165) is 18.5 Å². The van der Waals surface area contributed by atoms with Gasteiger partial charge >= 0.3 is 0 Å². The standard InChI is InChI=1S/C19H20FNO2/c1-19(2,23-16-11-9-15(20)10-12-16)18(22)21-13-5-7-14-6-3-4-8-17(14)21/h3-4,6,8-12H,5,7,13H2,1-2H3. The first-order valence-electron chi connectivity index (χ1n) is 7.82. The molecule has 0 atom stereocenters. The van der Waals surface area contributed by atoms with Crippen molar-refractivity contribution in [1.29, 1.82) is 0 Å². The Morgan fingerprint density at radius 1 is 1.13 bits per heavy atom. The Morgan fingerprint density at radius 2 is 1.83 bits per heavy atom. The molecule has 1 heterocycles. The summed E-state index contributed by atoms with van der Waals surface area (Å²) in [5, 5.41) is 0. The highest BCUT2D eigenvalue weighted by Crippen LogP contribution is 2.30. The topological polar surface area (TPSA) is 29.5 Å². The van der Waals surface area contributed by atoms with E-state index in [4.69, 9.17) is 4.74 Å². The smallest absolute Gasteiger partial charge is 0.270 e. The van der Waals surface area contributed by atoms with E-state index in [1.165, 1.54) is 29.8 Å². The summed E-state index contributed by atoms with van der Waals surface area (Å²) in [6.45, 7) is 4.18. The number of nitrogens with zero attached hydrogens (tertiary/aromatic N) is 1. The average molecular weight is 313 g/mol. The minimum Gasteiger partial charge on any atom is -0.478 e. The van der Waals surface area contributed by atoms with Crippen LogP contribution in [0, 0.1) is 5.82 Å². The van der Waals surface area contributed by atoms with Crippen LogP contribution in [0.1, 0.15) is 25.8 Å². The number of amides is 1. The van der Waals surface area contributed by atoms with Gasteiger partial charge in [-0.15, -0.1) is 0 Å². The highest BCUT2D eigenvalue weighted by molar-refractivity contribution is 6.00. The fraction of sp³-hybridized carbons (Fsp3) is 0.316. The van der Waals surface area contributed by atoms with E-state index in [1.807, 2.05) is 18.2 Å². The van der Waals surface area contributed by atoms with Crippen LogP contribution in [0.3, 0.4) is 0 Å². The van der Waals surface area contributed by atoms with Crippen LogP contribution in [0.5, 0.6) is 5.75 Å². The van der Waals surface area contributed by atoms with Gasteiger partial charge in [0.1, 0.15) is 11.6 Å². The van der Waals surface area contributed by atoms with Crippen LogP contribution in [-0.4, -0.2) is 18.1 Å². The first-order valence-corrected chi connectivity index (χ1v) is 7.82. The molecular weight excluding hydrogens is 293 g/mol. The minimum atomic E-state index is -1.03. The third-order valence-corrected chi connectivity index (χ3v) is 4.06. The lowest BCUT2D eigenvalue weighted by Gasteiger charge is -2.35. The molecule has 0 bridgehead atoms. The molecule has 0 radical (unpaired) electrons. The second kappa shape index (κ2) is 6.03. The molecule has 0 spiro atoms. The molecule has 1 amide bonds. The number of rotatable bonds is 3. The number of benzene rings is 2. The van der Waals surface area contributed by atoms with Crippen LogP contribution in [-0.2, 0) is 11.2 Å². The zero-order chi connectivity index (χ0) is 16.4. The van der Waals surface area contributed by atoms with Gasteiger partial charge in [-0.3, -0.25) is 4.79 Å². The molecule has 0 N–H and O–H groups in total. The molecule has 120 valence electrons. The quantitative estimate of drug-likeness (QED) is 0.858. The number of ether oxygens (including phenoxy) is 1. The van der Waals surface area contributed by atoms with Crippen molar-refractivity contribution in [3.8, 4) is 5.75 Å². The maximum absolute atomic E-state index is 13.0. The highest BCUT2D eigenvalue weighted by Gasteiger charge is 2.36. The molecule has 2 aromatic carbocycles. The van der Waals surface area contributed by atoms with Crippen molar-refractivity contribution in [2.45, 2.75) is 32.3 Å². The number of carbonyl (C=O) groups excluding carboxylic acids is 1. The number of para-hydroxylation sites is 1. The lowest BCUT2D eigenvalue weighted by atomic mass is 9.99. The van der Waals surface area contributed by atoms with Gasteiger partial charge in [-0.1, -0.05) is 18.2 Å². The molecule has 0 saturated carbocycles. The van der Waals surface area contributed by atoms with Gasteiger partial charge in [0.2, 0.25) is 0 Å². The van der Waals surface area contributed by atoms with Crippen molar-refractivity contribution >= 4 is 11.6 Å². The lowest BCUT2D eigenvalue weighted by Crippen LogP contribution is -2.50. The largest absolute Gasteiger partial charge is 0.478 e. The third kappa shape index (κ3) is 3.21. The van der Waals surface area contributed by atoms with E-state index >= 15 is 0 Å². The van der Waals surface area contributed by atoms with Crippen molar-refractivity contribution in [2.24, 2.45) is 0 Å². The Balaban J connectivity index is 1.83. The first-order chi connectivity index (χ1) is 11.0. The molecule has 2 aromatic rings. The number of fused-ring (bicyclic) bond motifs is 1. The summed E-state index contributed by atoms with van der Waals surface area (Å²) >= 11 is 0. The molecule has 0 unspecified atom stereocenters. The molecule has 0 saturated heterocycles. The second-order valence-electron chi connectivity index (χ2n) is 6.26. The van der Waals surface area contributed by atoms with Crippen molar-refractivity contribution in [1.82, 2.24) is 0 Å². The van der Waals surface area contributed by atoms with Gasteiger partial charge in [0.25, 0.3) is 5.91 Å². The van der Waals surface area contributed by atoms with E-state index in [2.05, 4.69) is 6.07 Å². The van der Waals surface area contributed by atoms with Crippen LogP contribution in [0.15, 0.2) is 48.5 Å². The second-order valence-corrected chi connectivity index (χ2v) is 6.26. The van der Waals surface area contributed by atoms with Gasteiger partial charge in [0, 0.05) is 12.2 Å². The zero-order valence-corrected chi connectivity index (χ0v) is 13.4. The third-order valence-electron chi connectivity index (χ3n) is 4.06. The summed E-state index contributed by atoms with van der Waals surface area (Å²) < 4.78 is 18.8. The molecule has 1 aliphatic rings. The lowest BCUT2D eigenvalue weighted by molar-refractivity contribution is -0.131. The van der Waals surface area contributed by atoms with E-state index in [0.29, 0.717) is 12.3 Å². The molecule has 1 aliphatic heterocycles. The van der Waals surface area contributed by atoms with E-state index < -0.39 is 5.60 Å². The molecule has 4 heteroatoms. The zero-order valence-electron chi connectivity index (χ0n) is 13.4. The van der Waals surface area contributed by atoms with Gasteiger partial charge in [-0.2, -0.15) is 0 Å². The van der Waals surface area contributed by atoms with Crippen LogP contribution < -0.4 is 9.64 Å². The molecule has 0 aromatic heterocycles. The van der Waals surface area contributed by atoms with Crippen molar-refractivity contribution in [3.63, 3.8) is 0 Å². The average Bonchev–Trinajstić information content (AvgIpc) is 2.55. The fourth-order valence-electron chi connectivity index (χ4n) is 2.91. The molecule has 0 fully saturated rings. The van der Waals surface area contributed by atoms with Crippen LogP contribution in [0.25, 0.3) is 0 Å². The van der Waals surface area contributed by atoms with Gasteiger partial charge in [-0.25, -0.2) is 4.39 Å². The number of aryl methyl sites for hydroxylation is 1. The monoisotopic (exact) mass is 313 g/mol. The Bertz CT molecular complexity index is 710. The normalized spacial score (nSPS) is 14.3. The first kappa shape index (κ1) is 15.5. The van der Waals surface area contributed by atoms with E-state index in [9.17, 15) is 9.18 Å². The van der Waals surface area contributed by atoms with Gasteiger partial charge in [0.15, 0.2) is 5.60 Å². The Kier molecular flexibility index (Phi) is 4.07. The Morgan fingerprint density at radius 3 is 2.57 bits per heavy atom. The van der Waals surface area contributed by atoms with Crippen molar-refractivity contribution < 1.29 is 13.9 Å². The van der Waals surface area contributed by atoms with Gasteiger partial charge < -0.3 is 9.64 Å². The van der Waals surface area contributed by atoms with Gasteiger partial charge in [0.05, 0.1) is 0 Å². The predicted molar refractivity (Wildman–Crippen MR) is 88.2 cm³/mol. The summed E-state index contributed by atoms with van der Waals surface area (Å²) in [4.78, 5) is 14.8. The summed E-state index contributed by atoms with van der Waals surface area (Å²) in [6.07, 6.45) is 1.93. The molecule has 3 nitrogen and oxygen atoms in total. The summed E-state index contributed by atoms with van der Waals surface area (Å²) in [5.41, 5.74) is 1.12. The van der Waals surface area contributed by atoms with E-state index in [-0.39, 0.29) is 11.7 Å². The molecular formula is C19H20FNO2. The fourth-order valence-corrected chi connectivity index (χ4v) is 2.91. The predicted octanol–water partition coefficient (Wildman–Crippen LogP) is 3.96. The Hall–Kier alpha value is -2.36. The number of carbonyl (C=O) groups is 1. The van der Waals surface area contributed by atoms with Crippen LogP contribution >= 0.6 is 0 Å². The van der Waals surface area contributed by atoms with E-state index in [1.54, 1.807) is 18.7 Å². The maximum Gasteiger partial charge on any atom is 0.270 e. The number of halogens is 1. The van der Waals surface area contributed by atoms with Crippen LogP contribution in [0.2, 0.25) is 0 Å². The number of anilines is 1. The Labute approximate surface area is 135 Å². The van der Waals surface area contributed by atoms with Gasteiger partial charge in [-0.05, 0) is 62.6 Å². The molecule has 3 rings (SSSR count). The van der Waals surface area contributed by atoms with Crippen molar-refractivity contribution in [3.05, 3.63) is 59.9 Å². The maximum atomic E-state index is 13.0. The number of hydrogen-bond acceptors (Lipinski definition) is 2. The van der Waals surface area contributed by atoms with Crippen LogP contribution in [0.4, 0.5) is 10.1 Å². The summed E-state index contributed by atoms with van der Waals surface area (Å²) in [5.74, 6) is 0.0652. The highest BCUT2D eigenvalue weighted by atomic mass is 19.1. The molecule has 0 aliphatic carbocycles. The SMILES string of the molecule is CC(C)(Oc1ccc(F)cc1)C(=O)N1CCCc2ccccc21. The molecule has 23 heavy (non-hydrogen) atoms.